The third-order valence-electron chi connectivity index (χ3n) is 4.01. The molecular formula is C18H22NO4P. The summed E-state index contributed by atoms with van der Waals surface area (Å²) >= 11 is 0. The SMILES string of the molecule is CC(N)P(=O)(O)CC(Cc1ccc(-c2ccccc2)cc1)C(=O)O. The number of rotatable bonds is 7. The van der Waals surface area contributed by atoms with Gasteiger partial charge in [0.1, 0.15) is 0 Å². The Morgan fingerprint density at radius 3 is 2.12 bits per heavy atom. The van der Waals surface area contributed by atoms with Gasteiger partial charge in [0, 0.05) is 6.16 Å². The van der Waals surface area contributed by atoms with E-state index in [2.05, 4.69) is 0 Å². The van der Waals surface area contributed by atoms with E-state index in [4.69, 9.17) is 5.73 Å². The van der Waals surface area contributed by atoms with Crippen molar-refractivity contribution >= 4 is 13.3 Å². The van der Waals surface area contributed by atoms with Gasteiger partial charge >= 0.3 is 5.97 Å². The molecule has 0 amide bonds. The quantitative estimate of drug-likeness (QED) is 0.668. The lowest BCUT2D eigenvalue weighted by atomic mass is 9.98. The highest BCUT2D eigenvalue weighted by Crippen LogP contribution is 2.45. The van der Waals surface area contributed by atoms with Crippen LogP contribution in [-0.2, 0) is 15.8 Å². The van der Waals surface area contributed by atoms with Gasteiger partial charge in [0.2, 0.25) is 7.37 Å². The summed E-state index contributed by atoms with van der Waals surface area (Å²) in [7, 11) is -3.67. The number of nitrogens with two attached hydrogens (primary N) is 1. The zero-order valence-corrected chi connectivity index (χ0v) is 14.4. The van der Waals surface area contributed by atoms with Crippen molar-refractivity contribution in [3.05, 3.63) is 60.2 Å². The number of carboxylic acids is 1. The molecule has 0 aliphatic heterocycles. The van der Waals surface area contributed by atoms with E-state index in [9.17, 15) is 19.4 Å². The molecule has 0 fully saturated rings. The van der Waals surface area contributed by atoms with Crippen LogP contribution in [0, 0.1) is 5.92 Å². The number of carbonyl (C=O) groups is 1. The smallest absolute Gasteiger partial charge is 0.307 e. The summed E-state index contributed by atoms with van der Waals surface area (Å²) < 4.78 is 12.0. The molecule has 6 heteroatoms. The minimum Gasteiger partial charge on any atom is -0.481 e. The Kier molecular flexibility index (Phi) is 5.94. The molecule has 4 N–H and O–H groups in total. The molecular weight excluding hydrogens is 325 g/mol. The minimum atomic E-state index is -3.67. The van der Waals surface area contributed by atoms with Crippen molar-refractivity contribution in [1.29, 1.82) is 0 Å². The number of hydrogen-bond donors (Lipinski definition) is 3. The van der Waals surface area contributed by atoms with Gasteiger partial charge in [0.05, 0.1) is 11.7 Å². The van der Waals surface area contributed by atoms with E-state index in [-0.39, 0.29) is 12.6 Å². The Hall–Kier alpha value is -1.94. The summed E-state index contributed by atoms with van der Waals surface area (Å²) in [6.07, 6.45) is -0.123. The van der Waals surface area contributed by atoms with E-state index in [1.54, 1.807) is 0 Å². The molecule has 0 saturated carbocycles. The average Bonchev–Trinajstić information content (AvgIpc) is 2.55. The van der Waals surface area contributed by atoms with Crippen LogP contribution < -0.4 is 5.73 Å². The highest BCUT2D eigenvalue weighted by molar-refractivity contribution is 7.58. The first kappa shape index (κ1) is 18.4. The van der Waals surface area contributed by atoms with Crippen molar-refractivity contribution in [2.45, 2.75) is 19.1 Å². The maximum Gasteiger partial charge on any atom is 0.307 e. The molecule has 0 saturated heterocycles. The summed E-state index contributed by atoms with van der Waals surface area (Å²) in [5.74, 6) is -2.95. The van der Waals surface area contributed by atoms with Crippen LogP contribution in [0.4, 0.5) is 0 Å². The fourth-order valence-corrected chi connectivity index (χ4v) is 3.71. The predicted octanol–water partition coefficient (Wildman–Crippen LogP) is 3.17. The molecule has 0 radical (unpaired) electrons. The van der Waals surface area contributed by atoms with Gasteiger partial charge in [-0.25, -0.2) is 0 Å². The maximum atomic E-state index is 12.0. The van der Waals surface area contributed by atoms with Crippen LogP contribution >= 0.6 is 7.37 Å². The van der Waals surface area contributed by atoms with Gasteiger partial charge in [-0.1, -0.05) is 54.6 Å². The fraction of sp³-hybridized carbons (Fsp3) is 0.278. The lowest BCUT2D eigenvalue weighted by Crippen LogP contribution is -2.26. The molecule has 2 rings (SSSR count). The number of carboxylic acid groups (broad SMARTS) is 1. The van der Waals surface area contributed by atoms with Crippen LogP contribution in [0.2, 0.25) is 0 Å². The summed E-state index contributed by atoms with van der Waals surface area (Å²) in [6.45, 7) is 1.42. The largest absolute Gasteiger partial charge is 0.481 e. The molecule has 128 valence electrons. The molecule has 3 unspecified atom stereocenters. The molecule has 0 aliphatic rings. The van der Waals surface area contributed by atoms with Gasteiger partial charge in [0.25, 0.3) is 0 Å². The molecule has 24 heavy (non-hydrogen) atoms. The molecule has 2 aromatic carbocycles. The fourth-order valence-electron chi connectivity index (χ4n) is 2.46. The van der Waals surface area contributed by atoms with Crippen LogP contribution in [0.5, 0.6) is 0 Å². The molecule has 0 aliphatic carbocycles. The Labute approximate surface area is 141 Å². The third kappa shape index (κ3) is 4.78. The molecule has 0 bridgehead atoms. The van der Waals surface area contributed by atoms with Crippen molar-refractivity contribution in [2.24, 2.45) is 11.7 Å². The van der Waals surface area contributed by atoms with Crippen LogP contribution in [0.1, 0.15) is 12.5 Å². The number of aliphatic carboxylic acids is 1. The van der Waals surface area contributed by atoms with Crippen LogP contribution in [0.15, 0.2) is 54.6 Å². The standard InChI is InChI=1S/C18H22NO4P/c1-13(19)24(22,23)12-17(18(20)21)11-14-7-9-16(10-8-14)15-5-3-2-4-6-15/h2-10,13,17H,11-12,19H2,1H3,(H,20,21)(H,22,23). The van der Waals surface area contributed by atoms with E-state index in [1.807, 2.05) is 54.6 Å². The molecule has 5 nitrogen and oxygen atoms in total. The van der Waals surface area contributed by atoms with Crippen molar-refractivity contribution in [3.8, 4) is 11.1 Å². The van der Waals surface area contributed by atoms with Crippen LogP contribution in [0.25, 0.3) is 11.1 Å². The molecule has 0 aromatic heterocycles. The lowest BCUT2D eigenvalue weighted by molar-refractivity contribution is -0.141. The summed E-state index contributed by atoms with van der Waals surface area (Å²) in [6, 6.07) is 17.4. The lowest BCUT2D eigenvalue weighted by Gasteiger charge is -2.20. The van der Waals surface area contributed by atoms with Crippen LogP contribution in [-0.4, -0.2) is 27.9 Å². The van der Waals surface area contributed by atoms with Gasteiger partial charge in [-0.05, 0) is 30.0 Å². The summed E-state index contributed by atoms with van der Waals surface area (Å²) in [5, 5.41) is 9.34. The first-order valence-electron chi connectivity index (χ1n) is 7.74. The topological polar surface area (TPSA) is 101 Å². The summed E-state index contributed by atoms with van der Waals surface area (Å²) in [5.41, 5.74) is 8.42. The highest BCUT2D eigenvalue weighted by atomic mass is 31.2. The Bertz CT molecular complexity index is 728. The Balaban J connectivity index is 2.13. The van der Waals surface area contributed by atoms with Gasteiger partial charge in [-0.3, -0.25) is 9.36 Å². The zero-order chi connectivity index (χ0) is 17.7. The van der Waals surface area contributed by atoms with E-state index in [1.165, 1.54) is 6.92 Å². The van der Waals surface area contributed by atoms with E-state index < -0.39 is 25.0 Å². The first-order chi connectivity index (χ1) is 11.3. The van der Waals surface area contributed by atoms with Crippen molar-refractivity contribution in [2.75, 3.05) is 6.16 Å². The monoisotopic (exact) mass is 347 g/mol. The van der Waals surface area contributed by atoms with Gasteiger partial charge in [0.15, 0.2) is 0 Å². The highest BCUT2D eigenvalue weighted by Gasteiger charge is 2.31. The second-order valence-corrected chi connectivity index (χ2v) is 8.67. The van der Waals surface area contributed by atoms with Crippen molar-refractivity contribution in [3.63, 3.8) is 0 Å². The van der Waals surface area contributed by atoms with E-state index >= 15 is 0 Å². The van der Waals surface area contributed by atoms with Crippen molar-refractivity contribution in [1.82, 2.24) is 0 Å². The number of benzene rings is 2. The molecule has 0 heterocycles. The molecule has 2 aromatic rings. The minimum absolute atomic E-state index is 0.196. The third-order valence-corrected chi connectivity index (χ3v) is 6.25. The summed E-state index contributed by atoms with van der Waals surface area (Å²) in [4.78, 5) is 21.3. The van der Waals surface area contributed by atoms with E-state index in [0.29, 0.717) is 0 Å². The molecule has 3 atom stereocenters. The second-order valence-electron chi connectivity index (χ2n) is 5.98. The van der Waals surface area contributed by atoms with Crippen molar-refractivity contribution < 1.29 is 19.4 Å². The maximum absolute atomic E-state index is 12.0. The van der Waals surface area contributed by atoms with Gasteiger partial charge in [-0.15, -0.1) is 0 Å². The Morgan fingerprint density at radius 2 is 1.62 bits per heavy atom. The van der Waals surface area contributed by atoms with E-state index in [0.717, 1.165) is 16.7 Å². The first-order valence-corrected chi connectivity index (χ1v) is 9.65. The average molecular weight is 347 g/mol. The number of hydrogen-bond acceptors (Lipinski definition) is 3. The predicted molar refractivity (Wildman–Crippen MR) is 95.0 cm³/mol. The van der Waals surface area contributed by atoms with Crippen LogP contribution in [0.3, 0.4) is 0 Å². The normalized spacial score (nSPS) is 16.1. The Morgan fingerprint density at radius 1 is 1.08 bits per heavy atom. The molecule has 0 spiro atoms. The van der Waals surface area contributed by atoms with Gasteiger partial charge < -0.3 is 15.7 Å². The second kappa shape index (κ2) is 7.75. The zero-order valence-electron chi connectivity index (χ0n) is 13.5. The van der Waals surface area contributed by atoms with Gasteiger partial charge in [-0.2, -0.15) is 0 Å².